The molecule has 0 aromatic carbocycles. The lowest BCUT2D eigenvalue weighted by atomic mass is 10.3. The minimum atomic E-state index is 0.822. The molecule has 1 rings (SSSR count). The molecule has 0 N–H and O–H groups in total. The van der Waals surface area contributed by atoms with Crippen molar-refractivity contribution < 1.29 is 0 Å². The SMILES string of the molecule is C=C(C)CC1SCCS1. The summed E-state index contributed by atoms with van der Waals surface area (Å²) < 4.78 is 0.822. The molecule has 1 saturated heterocycles. The molecule has 0 atom stereocenters. The second-order valence-electron chi connectivity index (χ2n) is 2.33. The van der Waals surface area contributed by atoms with Crippen molar-refractivity contribution in [3.63, 3.8) is 0 Å². The molecule has 0 nitrogen and oxygen atoms in total. The predicted octanol–water partition coefficient (Wildman–Crippen LogP) is 2.76. The van der Waals surface area contributed by atoms with E-state index >= 15 is 0 Å². The molecular formula is C7H12S2. The first-order valence-electron chi connectivity index (χ1n) is 3.16. The Bertz CT molecular complexity index is 103. The van der Waals surface area contributed by atoms with E-state index in [1.54, 1.807) is 0 Å². The predicted molar refractivity (Wildman–Crippen MR) is 48.1 cm³/mol. The fraction of sp³-hybridized carbons (Fsp3) is 0.714. The fourth-order valence-corrected chi connectivity index (χ4v) is 3.87. The molecule has 52 valence electrons. The Morgan fingerprint density at radius 3 is 2.56 bits per heavy atom. The van der Waals surface area contributed by atoms with Gasteiger partial charge in [0.25, 0.3) is 0 Å². The molecule has 0 bridgehead atoms. The van der Waals surface area contributed by atoms with E-state index in [2.05, 4.69) is 37.0 Å². The van der Waals surface area contributed by atoms with Gasteiger partial charge in [-0.15, -0.1) is 30.1 Å². The van der Waals surface area contributed by atoms with Crippen LogP contribution in [0.15, 0.2) is 12.2 Å². The van der Waals surface area contributed by atoms with Crippen LogP contribution in [0.4, 0.5) is 0 Å². The summed E-state index contributed by atoms with van der Waals surface area (Å²) in [4.78, 5) is 0. The number of hydrogen-bond donors (Lipinski definition) is 0. The van der Waals surface area contributed by atoms with Gasteiger partial charge in [0.1, 0.15) is 0 Å². The maximum atomic E-state index is 3.89. The lowest BCUT2D eigenvalue weighted by molar-refractivity contribution is 1.09. The zero-order chi connectivity index (χ0) is 6.69. The van der Waals surface area contributed by atoms with Gasteiger partial charge in [0, 0.05) is 11.5 Å². The van der Waals surface area contributed by atoms with Crippen molar-refractivity contribution in [3.8, 4) is 0 Å². The topological polar surface area (TPSA) is 0 Å². The highest BCUT2D eigenvalue weighted by Crippen LogP contribution is 2.35. The summed E-state index contributed by atoms with van der Waals surface area (Å²) in [6, 6.07) is 0. The van der Waals surface area contributed by atoms with Crippen molar-refractivity contribution in [1.29, 1.82) is 0 Å². The van der Waals surface area contributed by atoms with Gasteiger partial charge < -0.3 is 0 Å². The van der Waals surface area contributed by atoms with Gasteiger partial charge in [0.15, 0.2) is 0 Å². The summed E-state index contributed by atoms with van der Waals surface area (Å²) in [7, 11) is 0. The summed E-state index contributed by atoms with van der Waals surface area (Å²) in [5.74, 6) is 2.67. The Labute approximate surface area is 65.5 Å². The van der Waals surface area contributed by atoms with Crippen LogP contribution in [0, 0.1) is 0 Å². The summed E-state index contributed by atoms with van der Waals surface area (Å²) in [6.07, 6.45) is 1.20. The first-order chi connectivity index (χ1) is 4.29. The van der Waals surface area contributed by atoms with Gasteiger partial charge in [-0.05, 0) is 13.3 Å². The monoisotopic (exact) mass is 160 g/mol. The van der Waals surface area contributed by atoms with Crippen molar-refractivity contribution in [2.24, 2.45) is 0 Å². The Hall–Kier alpha value is 0.440. The van der Waals surface area contributed by atoms with Crippen molar-refractivity contribution in [2.75, 3.05) is 11.5 Å². The van der Waals surface area contributed by atoms with Gasteiger partial charge >= 0.3 is 0 Å². The molecule has 0 spiro atoms. The first kappa shape index (κ1) is 7.55. The summed E-state index contributed by atoms with van der Waals surface area (Å²) in [5.41, 5.74) is 1.32. The maximum Gasteiger partial charge on any atom is 0.0539 e. The largest absolute Gasteiger partial charge is 0.146 e. The lowest BCUT2D eigenvalue weighted by Gasteiger charge is -2.04. The third kappa shape index (κ3) is 2.67. The van der Waals surface area contributed by atoms with E-state index in [1.165, 1.54) is 23.5 Å². The summed E-state index contributed by atoms with van der Waals surface area (Å²) in [6.45, 7) is 6.00. The molecule has 1 aliphatic heterocycles. The second kappa shape index (κ2) is 3.57. The summed E-state index contributed by atoms with van der Waals surface area (Å²) in [5, 5.41) is 0. The van der Waals surface area contributed by atoms with Crippen LogP contribution in [0.25, 0.3) is 0 Å². The Morgan fingerprint density at radius 2 is 2.11 bits per heavy atom. The molecule has 0 aromatic heterocycles. The Kier molecular flexibility index (Phi) is 2.99. The molecule has 1 heterocycles. The van der Waals surface area contributed by atoms with E-state index in [4.69, 9.17) is 0 Å². The van der Waals surface area contributed by atoms with Crippen LogP contribution in [-0.4, -0.2) is 16.1 Å². The third-order valence-corrected chi connectivity index (χ3v) is 4.24. The van der Waals surface area contributed by atoms with Gasteiger partial charge in [0.2, 0.25) is 0 Å². The fourth-order valence-electron chi connectivity index (χ4n) is 0.810. The van der Waals surface area contributed by atoms with Crippen LogP contribution in [-0.2, 0) is 0 Å². The van der Waals surface area contributed by atoms with Gasteiger partial charge in [-0.2, -0.15) is 0 Å². The molecule has 0 amide bonds. The van der Waals surface area contributed by atoms with Crippen LogP contribution in [0.2, 0.25) is 0 Å². The van der Waals surface area contributed by atoms with Gasteiger partial charge in [0.05, 0.1) is 4.58 Å². The molecule has 0 aliphatic carbocycles. The van der Waals surface area contributed by atoms with E-state index in [1.807, 2.05) is 0 Å². The standard InChI is InChI=1S/C7H12S2/c1-6(2)5-7-8-3-4-9-7/h7H,1,3-5H2,2H3. The molecule has 1 aliphatic rings. The summed E-state index contributed by atoms with van der Waals surface area (Å²) >= 11 is 4.15. The van der Waals surface area contributed by atoms with E-state index in [-0.39, 0.29) is 0 Å². The minimum Gasteiger partial charge on any atom is -0.146 e. The number of allylic oxidation sites excluding steroid dienone is 1. The van der Waals surface area contributed by atoms with Gasteiger partial charge in [-0.3, -0.25) is 0 Å². The highest BCUT2D eigenvalue weighted by atomic mass is 32.2. The van der Waals surface area contributed by atoms with Gasteiger partial charge in [-0.1, -0.05) is 5.57 Å². The quantitative estimate of drug-likeness (QED) is 0.570. The molecule has 0 radical (unpaired) electrons. The molecule has 0 aromatic rings. The molecular weight excluding hydrogens is 148 g/mol. The van der Waals surface area contributed by atoms with Gasteiger partial charge in [-0.25, -0.2) is 0 Å². The molecule has 1 fully saturated rings. The van der Waals surface area contributed by atoms with Crippen molar-refractivity contribution in [3.05, 3.63) is 12.2 Å². The van der Waals surface area contributed by atoms with E-state index < -0.39 is 0 Å². The Balaban J connectivity index is 2.19. The van der Waals surface area contributed by atoms with Crippen molar-refractivity contribution in [1.82, 2.24) is 0 Å². The van der Waals surface area contributed by atoms with Crippen molar-refractivity contribution >= 4 is 23.5 Å². The molecule has 9 heavy (non-hydrogen) atoms. The second-order valence-corrected chi connectivity index (χ2v) is 5.25. The van der Waals surface area contributed by atoms with E-state index in [9.17, 15) is 0 Å². The normalized spacial score (nSPS) is 20.6. The lowest BCUT2D eigenvalue weighted by Crippen LogP contribution is -1.90. The van der Waals surface area contributed by atoms with E-state index in [0.717, 1.165) is 4.58 Å². The average molecular weight is 160 g/mol. The zero-order valence-corrected chi connectivity index (χ0v) is 7.36. The number of rotatable bonds is 2. The third-order valence-electron chi connectivity index (χ3n) is 1.21. The van der Waals surface area contributed by atoms with Crippen molar-refractivity contribution in [2.45, 2.75) is 17.9 Å². The highest BCUT2D eigenvalue weighted by Gasteiger charge is 2.14. The van der Waals surface area contributed by atoms with E-state index in [0.29, 0.717) is 0 Å². The van der Waals surface area contributed by atoms with Crippen LogP contribution < -0.4 is 0 Å². The smallest absolute Gasteiger partial charge is 0.0539 e. The minimum absolute atomic E-state index is 0.822. The molecule has 2 heteroatoms. The molecule has 0 unspecified atom stereocenters. The zero-order valence-electron chi connectivity index (χ0n) is 5.72. The van der Waals surface area contributed by atoms with Crippen LogP contribution >= 0.6 is 23.5 Å². The van der Waals surface area contributed by atoms with Crippen LogP contribution in [0.1, 0.15) is 13.3 Å². The first-order valence-corrected chi connectivity index (χ1v) is 5.26. The Morgan fingerprint density at radius 1 is 1.56 bits per heavy atom. The maximum absolute atomic E-state index is 3.89. The number of hydrogen-bond acceptors (Lipinski definition) is 2. The molecule has 0 saturated carbocycles. The highest BCUT2D eigenvalue weighted by molar-refractivity contribution is 8.20. The average Bonchev–Trinajstić information content (AvgIpc) is 2.15. The van der Waals surface area contributed by atoms with Crippen LogP contribution in [0.3, 0.4) is 0 Å². The van der Waals surface area contributed by atoms with Crippen LogP contribution in [0.5, 0.6) is 0 Å². The number of thioether (sulfide) groups is 2.